The number of aryl methyl sites for hydroxylation is 2. The Morgan fingerprint density at radius 1 is 0.964 bits per heavy atom. The van der Waals surface area contributed by atoms with Crippen LogP contribution < -0.4 is 0 Å². The van der Waals surface area contributed by atoms with Crippen molar-refractivity contribution in [1.82, 2.24) is 9.21 Å². The van der Waals surface area contributed by atoms with Gasteiger partial charge < -0.3 is 10.0 Å². The minimum Gasteiger partial charge on any atom is -0.481 e. The zero-order chi connectivity index (χ0) is 20.5. The molecule has 1 fully saturated rings. The number of sulfonamides is 1. The molecular weight excluding hydrogens is 380 g/mol. The Bertz CT molecular complexity index is 901. The highest BCUT2D eigenvalue weighted by atomic mass is 32.2. The first kappa shape index (κ1) is 20.5. The predicted octanol–water partition coefficient (Wildman–Crippen LogP) is 1.80. The van der Waals surface area contributed by atoms with Crippen LogP contribution in [0.4, 0.5) is 0 Å². The molecule has 1 saturated heterocycles. The Morgan fingerprint density at radius 2 is 1.57 bits per heavy atom. The number of carbonyl (C=O) groups is 2. The number of rotatable bonds is 4. The maximum Gasteiger partial charge on any atom is 0.307 e. The summed E-state index contributed by atoms with van der Waals surface area (Å²) in [6, 6.07) is 5.08. The number of carbonyl (C=O) groups excluding carboxylic acids is 1. The normalized spacial score (nSPS) is 23.6. The fourth-order valence-corrected chi connectivity index (χ4v) is 5.27. The number of hydrogen-bond acceptors (Lipinski definition) is 4. The van der Waals surface area contributed by atoms with Crippen LogP contribution in [0.5, 0.6) is 0 Å². The van der Waals surface area contributed by atoms with Gasteiger partial charge in [0.2, 0.25) is 15.9 Å². The minimum absolute atomic E-state index is 0.194. The molecule has 1 aliphatic carbocycles. The van der Waals surface area contributed by atoms with Gasteiger partial charge in [-0.3, -0.25) is 9.59 Å². The lowest BCUT2D eigenvalue weighted by molar-refractivity contribution is -0.151. The van der Waals surface area contributed by atoms with Gasteiger partial charge in [0.1, 0.15) is 0 Å². The molecule has 1 aliphatic heterocycles. The molecule has 1 heterocycles. The van der Waals surface area contributed by atoms with E-state index in [0.717, 1.165) is 11.1 Å². The molecule has 3 rings (SSSR count). The fourth-order valence-electron chi connectivity index (χ4n) is 3.77. The Hall–Kier alpha value is -2.19. The number of aliphatic carboxylic acids is 1. The van der Waals surface area contributed by atoms with Crippen LogP contribution in [0.2, 0.25) is 0 Å². The Kier molecular flexibility index (Phi) is 5.90. The van der Waals surface area contributed by atoms with Crippen molar-refractivity contribution < 1.29 is 23.1 Å². The van der Waals surface area contributed by atoms with E-state index >= 15 is 0 Å². The lowest BCUT2D eigenvalue weighted by Crippen LogP contribution is -2.53. The molecule has 2 atom stereocenters. The summed E-state index contributed by atoms with van der Waals surface area (Å²) in [7, 11) is -3.61. The van der Waals surface area contributed by atoms with Gasteiger partial charge in [-0.15, -0.1) is 0 Å². The van der Waals surface area contributed by atoms with Crippen LogP contribution in [0, 0.1) is 25.7 Å². The minimum atomic E-state index is -3.61. The highest BCUT2D eigenvalue weighted by Gasteiger charge is 2.38. The molecule has 2 aliphatic rings. The van der Waals surface area contributed by atoms with Crippen molar-refractivity contribution >= 4 is 21.9 Å². The second kappa shape index (κ2) is 8.05. The van der Waals surface area contributed by atoms with E-state index in [4.69, 9.17) is 0 Å². The maximum atomic E-state index is 12.9. The molecule has 8 heteroatoms. The number of carboxylic acids is 1. The van der Waals surface area contributed by atoms with Gasteiger partial charge in [0.15, 0.2) is 0 Å². The fraction of sp³-hybridized carbons (Fsp3) is 0.500. The first-order chi connectivity index (χ1) is 13.2. The van der Waals surface area contributed by atoms with Gasteiger partial charge in [-0.05, 0) is 49.9 Å². The topological polar surface area (TPSA) is 95.0 Å². The van der Waals surface area contributed by atoms with Crippen molar-refractivity contribution in [2.24, 2.45) is 11.8 Å². The van der Waals surface area contributed by atoms with Crippen LogP contribution >= 0.6 is 0 Å². The van der Waals surface area contributed by atoms with Gasteiger partial charge in [-0.2, -0.15) is 4.31 Å². The van der Waals surface area contributed by atoms with Gasteiger partial charge in [0.25, 0.3) is 0 Å². The summed E-state index contributed by atoms with van der Waals surface area (Å²) in [5, 5.41) is 9.38. The molecule has 0 saturated carbocycles. The summed E-state index contributed by atoms with van der Waals surface area (Å²) in [6.07, 6.45) is 4.42. The Balaban J connectivity index is 1.68. The number of benzene rings is 1. The number of hydrogen-bond donors (Lipinski definition) is 1. The van der Waals surface area contributed by atoms with Crippen molar-refractivity contribution in [1.29, 1.82) is 0 Å². The summed E-state index contributed by atoms with van der Waals surface area (Å²) in [5.41, 5.74) is 1.95. The molecule has 0 bridgehead atoms. The highest BCUT2D eigenvalue weighted by molar-refractivity contribution is 7.89. The molecule has 1 aromatic carbocycles. The lowest BCUT2D eigenvalue weighted by atomic mass is 9.82. The smallest absolute Gasteiger partial charge is 0.307 e. The number of allylic oxidation sites excluding steroid dienone is 2. The SMILES string of the molecule is Cc1ccc(S(=O)(=O)N2CCN(C(=O)[C@H]3CC=CC[C@H]3C(=O)O)CC2)cc1C. The molecule has 7 nitrogen and oxygen atoms in total. The predicted molar refractivity (Wildman–Crippen MR) is 104 cm³/mol. The number of nitrogens with zero attached hydrogens (tertiary/aromatic N) is 2. The van der Waals surface area contributed by atoms with Crippen LogP contribution in [-0.2, 0) is 19.6 Å². The third-order valence-electron chi connectivity index (χ3n) is 5.73. The maximum absolute atomic E-state index is 12.9. The molecule has 0 unspecified atom stereocenters. The molecule has 152 valence electrons. The molecule has 28 heavy (non-hydrogen) atoms. The Labute approximate surface area is 165 Å². The molecule has 1 aromatic rings. The number of amides is 1. The van der Waals surface area contributed by atoms with E-state index in [1.807, 2.05) is 19.9 Å². The van der Waals surface area contributed by atoms with E-state index in [-0.39, 0.29) is 37.0 Å². The first-order valence-corrected chi connectivity index (χ1v) is 10.9. The van der Waals surface area contributed by atoms with Crippen LogP contribution in [0.15, 0.2) is 35.2 Å². The van der Waals surface area contributed by atoms with Crippen molar-refractivity contribution in [2.45, 2.75) is 31.6 Å². The van der Waals surface area contributed by atoms with Gasteiger partial charge in [-0.1, -0.05) is 18.2 Å². The quantitative estimate of drug-likeness (QED) is 0.770. The first-order valence-electron chi connectivity index (χ1n) is 9.46. The zero-order valence-electron chi connectivity index (χ0n) is 16.2. The average Bonchev–Trinajstić information content (AvgIpc) is 2.69. The van der Waals surface area contributed by atoms with E-state index < -0.39 is 27.8 Å². The molecular formula is C20H26N2O5S. The largest absolute Gasteiger partial charge is 0.481 e. The van der Waals surface area contributed by atoms with Gasteiger partial charge >= 0.3 is 5.97 Å². The van der Waals surface area contributed by atoms with E-state index in [9.17, 15) is 23.1 Å². The molecule has 0 radical (unpaired) electrons. The van der Waals surface area contributed by atoms with E-state index in [1.54, 1.807) is 29.2 Å². The van der Waals surface area contributed by atoms with Crippen LogP contribution in [-0.4, -0.2) is 60.8 Å². The molecule has 0 aromatic heterocycles. The van der Waals surface area contributed by atoms with E-state index in [1.165, 1.54) is 4.31 Å². The monoisotopic (exact) mass is 406 g/mol. The summed E-state index contributed by atoms with van der Waals surface area (Å²) in [5.74, 6) is -2.45. The second-order valence-corrected chi connectivity index (χ2v) is 9.41. The van der Waals surface area contributed by atoms with Crippen molar-refractivity contribution in [3.05, 3.63) is 41.5 Å². The summed E-state index contributed by atoms with van der Waals surface area (Å²) in [6.45, 7) is 4.77. The summed E-state index contributed by atoms with van der Waals surface area (Å²) >= 11 is 0. The van der Waals surface area contributed by atoms with Gasteiger partial charge in [-0.25, -0.2) is 8.42 Å². The summed E-state index contributed by atoms with van der Waals surface area (Å²) in [4.78, 5) is 26.2. The zero-order valence-corrected chi connectivity index (χ0v) is 17.0. The molecule has 1 amide bonds. The lowest BCUT2D eigenvalue weighted by Gasteiger charge is -2.37. The van der Waals surface area contributed by atoms with Gasteiger partial charge in [0, 0.05) is 26.2 Å². The highest BCUT2D eigenvalue weighted by Crippen LogP contribution is 2.28. The third-order valence-corrected chi connectivity index (χ3v) is 7.63. The Morgan fingerprint density at radius 3 is 2.14 bits per heavy atom. The third kappa shape index (κ3) is 3.98. The molecule has 0 spiro atoms. The second-order valence-electron chi connectivity index (χ2n) is 7.47. The average molecular weight is 407 g/mol. The van der Waals surface area contributed by atoms with E-state index in [0.29, 0.717) is 12.8 Å². The van der Waals surface area contributed by atoms with Gasteiger partial charge in [0.05, 0.1) is 16.7 Å². The summed E-state index contributed by atoms with van der Waals surface area (Å²) < 4.78 is 27.2. The number of piperazine rings is 1. The van der Waals surface area contributed by atoms with Crippen LogP contribution in [0.3, 0.4) is 0 Å². The van der Waals surface area contributed by atoms with Crippen molar-refractivity contribution in [2.75, 3.05) is 26.2 Å². The molecule has 1 N–H and O–H groups in total. The standard InChI is InChI=1S/C20H26N2O5S/c1-14-7-8-16(13-15(14)2)28(26,27)22-11-9-21(10-12-22)19(23)17-5-3-4-6-18(17)20(24)25/h3-4,7-8,13,17-18H,5-6,9-12H2,1-2H3,(H,24,25)/t17-,18+/m0/s1. The number of carboxylic acid groups (broad SMARTS) is 1. The van der Waals surface area contributed by atoms with Crippen LogP contribution in [0.1, 0.15) is 24.0 Å². The van der Waals surface area contributed by atoms with Crippen LogP contribution in [0.25, 0.3) is 0 Å². The van der Waals surface area contributed by atoms with Crippen molar-refractivity contribution in [3.8, 4) is 0 Å². The van der Waals surface area contributed by atoms with Crippen molar-refractivity contribution in [3.63, 3.8) is 0 Å². The van der Waals surface area contributed by atoms with E-state index in [2.05, 4.69) is 0 Å².